The van der Waals surface area contributed by atoms with Crippen LogP contribution in [0.4, 0.5) is 0 Å². The molecule has 4 unspecified atom stereocenters. The summed E-state index contributed by atoms with van der Waals surface area (Å²) in [7, 11) is 0. The highest BCUT2D eigenvalue weighted by molar-refractivity contribution is 5.87. The minimum absolute atomic E-state index is 0.0926. The number of hydrogen-bond donors (Lipinski definition) is 2. The van der Waals surface area contributed by atoms with Crippen molar-refractivity contribution in [1.29, 1.82) is 0 Å². The van der Waals surface area contributed by atoms with Crippen LogP contribution in [0.25, 0.3) is 5.57 Å². The second kappa shape index (κ2) is 7.08. The maximum atomic E-state index is 13.2. The summed E-state index contributed by atoms with van der Waals surface area (Å²) in [5.41, 5.74) is 7.61. The van der Waals surface area contributed by atoms with Crippen LogP contribution >= 0.6 is 0 Å². The van der Waals surface area contributed by atoms with E-state index in [-0.39, 0.29) is 23.1 Å². The summed E-state index contributed by atoms with van der Waals surface area (Å²) in [6.45, 7) is 1.09. The minimum Gasteiger partial charge on any atom is -0.481 e. The number of aliphatic carboxylic acids is 1. The standard InChI is InChI=1S/C22H26N2O4/c23-19(25)18-13-22(18)9-6-16(21(27)28)17(12-22)20(26)24-10-7-15(8-11-24)14-4-2-1-3-5-14/h1-5,7,16-18H,6,8-13H2,(H2,23,25)(H,27,28). The molecule has 2 amide bonds. The van der Waals surface area contributed by atoms with E-state index in [4.69, 9.17) is 5.73 Å². The number of nitrogens with two attached hydrogens (primary N) is 1. The molecule has 0 radical (unpaired) electrons. The number of benzene rings is 1. The number of amides is 2. The molecule has 1 aromatic rings. The van der Waals surface area contributed by atoms with Crippen molar-refractivity contribution >= 4 is 23.4 Å². The van der Waals surface area contributed by atoms with Crippen LogP contribution in [0.1, 0.15) is 37.7 Å². The minimum atomic E-state index is -0.915. The first-order valence-corrected chi connectivity index (χ1v) is 9.97. The number of hydrogen-bond acceptors (Lipinski definition) is 3. The van der Waals surface area contributed by atoms with Crippen molar-refractivity contribution in [2.24, 2.45) is 28.9 Å². The summed E-state index contributed by atoms with van der Waals surface area (Å²) in [5.74, 6) is -2.78. The van der Waals surface area contributed by atoms with Crippen molar-refractivity contribution in [2.45, 2.75) is 32.1 Å². The van der Waals surface area contributed by atoms with Gasteiger partial charge in [-0.1, -0.05) is 36.4 Å². The van der Waals surface area contributed by atoms with Crippen LogP contribution in [-0.2, 0) is 14.4 Å². The molecule has 2 fully saturated rings. The van der Waals surface area contributed by atoms with E-state index in [0.29, 0.717) is 38.8 Å². The third-order valence-electron chi connectivity index (χ3n) is 6.90. The molecule has 4 atom stereocenters. The predicted molar refractivity (Wildman–Crippen MR) is 104 cm³/mol. The molecule has 6 nitrogen and oxygen atoms in total. The normalized spacial score (nSPS) is 31.9. The lowest BCUT2D eigenvalue weighted by Gasteiger charge is -2.38. The molecule has 1 heterocycles. The van der Waals surface area contributed by atoms with Crippen LogP contribution in [0.15, 0.2) is 36.4 Å². The SMILES string of the molecule is NC(=O)C1CC12CCC(C(=O)O)C(C(=O)N1CC=C(c3ccccc3)CC1)C2. The largest absolute Gasteiger partial charge is 0.481 e. The molecule has 3 N–H and O–H groups in total. The maximum Gasteiger partial charge on any atom is 0.307 e. The van der Waals surface area contributed by atoms with Gasteiger partial charge in [-0.3, -0.25) is 14.4 Å². The first-order valence-electron chi connectivity index (χ1n) is 9.97. The first-order chi connectivity index (χ1) is 13.4. The van der Waals surface area contributed by atoms with Crippen molar-refractivity contribution in [3.8, 4) is 0 Å². The fourth-order valence-electron chi connectivity index (χ4n) is 5.15. The topological polar surface area (TPSA) is 101 Å². The second-order valence-electron chi connectivity index (χ2n) is 8.45. The van der Waals surface area contributed by atoms with Gasteiger partial charge in [0.2, 0.25) is 11.8 Å². The summed E-state index contributed by atoms with van der Waals surface area (Å²) in [6.07, 6.45) is 5.08. The van der Waals surface area contributed by atoms with Crippen molar-refractivity contribution in [3.63, 3.8) is 0 Å². The number of carboxylic acids is 1. The lowest BCUT2D eigenvalue weighted by atomic mass is 9.70. The highest BCUT2D eigenvalue weighted by Gasteiger charge is 2.61. The van der Waals surface area contributed by atoms with Crippen molar-refractivity contribution in [1.82, 2.24) is 4.90 Å². The van der Waals surface area contributed by atoms with Gasteiger partial charge in [0.25, 0.3) is 0 Å². The van der Waals surface area contributed by atoms with Gasteiger partial charge in [-0.15, -0.1) is 0 Å². The van der Waals surface area contributed by atoms with Gasteiger partial charge in [0.1, 0.15) is 0 Å². The molecule has 2 aliphatic carbocycles. The number of carbonyl (C=O) groups excluding carboxylic acids is 2. The van der Waals surface area contributed by atoms with Gasteiger partial charge >= 0.3 is 5.97 Å². The van der Waals surface area contributed by atoms with Gasteiger partial charge in [0.05, 0.1) is 11.8 Å². The van der Waals surface area contributed by atoms with Gasteiger partial charge in [-0.2, -0.15) is 0 Å². The lowest BCUT2D eigenvalue weighted by molar-refractivity contribution is -0.153. The molecule has 28 heavy (non-hydrogen) atoms. The fourth-order valence-corrected chi connectivity index (χ4v) is 5.15. The van der Waals surface area contributed by atoms with Crippen molar-refractivity contribution in [3.05, 3.63) is 42.0 Å². The van der Waals surface area contributed by atoms with E-state index >= 15 is 0 Å². The van der Waals surface area contributed by atoms with E-state index in [0.717, 1.165) is 12.0 Å². The average Bonchev–Trinajstić information content (AvgIpc) is 3.41. The van der Waals surface area contributed by atoms with Gasteiger partial charge in [-0.25, -0.2) is 0 Å². The third kappa shape index (κ3) is 3.32. The van der Waals surface area contributed by atoms with E-state index in [1.807, 2.05) is 18.2 Å². The Bertz CT molecular complexity index is 834. The number of primary amides is 1. The Hall–Kier alpha value is -2.63. The fraction of sp³-hybridized carbons (Fsp3) is 0.500. The molecule has 2 saturated carbocycles. The molecule has 148 valence electrons. The Morgan fingerprint density at radius 2 is 1.86 bits per heavy atom. The molecule has 0 aromatic heterocycles. The van der Waals surface area contributed by atoms with Crippen LogP contribution < -0.4 is 5.73 Å². The lowest BCUT2D eigenvalue weighted by Crippen LogP contribution is -2.46. The molecular formula is C22H26N2O4. The summed E-state index contributed by atoms with van der Waals surface area (Å²) in [6, 6.07) is 10.1. The molecule has 6 heteroatoms. The summed E-state index contributed by atoms with van der Waals surface area (Å²) in [5, 5.41) is 9.64. The highest BCUT2D eigenvalue weighted by atomic mass is 16.4. The Kier molecular flexibility index (Phi) is 4.73. The van der Waals surface area contributed by atoms with Crippen LogP contribution in [0.5, 0.6) is 0 Å². The summed E-state index contributed by atoms with van der Waals surface area (Å²) < 4.78 is 0. The van der Waals surface area contributed by atoms with E-state index in [9.17, 15) is 19.5 Å². The molecule has 0 saturated heterocycles. The Labute approximate surface area is 164 Å². The zero-order chi connectivity index (χ0) is 19.9. The summed E-state index contributed by atoms with van der Waals surface area (Å²) in [4.78, 5) is 38.4. The number of nitrogens with zero attached hydrogens (tertiary/aromatic N) is 1. The zero-order valence-corrected chi connectivity index (χ0v) is 15.8. The molecular weight excluding hydrogens is 356 g/mol. The highest BCUT2D eigenvalue weighted by Crippen LogP contribution is 2.63. The summed E-state index contributed by atoms with van der Waals surface area (Å²) >= 11 is 0. The quantitative estimate of drug-likeness (QED) is 0.834. The molecule has 0 bridgehead atoms. The maximum absolute atomic E-state index is 13.2. The van der Waals surface area contributed by atoms with E-state index in [2.05, 4.69) is 18.2 Å². The predicted octanol–water partition coefficient (Wildman–Crippen LogP) is 2.29. The van der Waals surface area contributed by atoms with Crippen LogP contribution in [-0.4, -0.2) is 40.9 Å². The van der Waals surface area contributed by atoms with E-state index < -0.39 is 17.8 Å². The molecule has 3 aliphatic rings. The van der Waals surface area contributed by atoms with Gasteiger partial charge in [0.15, 0.2) is 0 Å². The van der Waals surface area contributed by atoms with Gasteiger partial charge in [-0.05, 0) is 48.7 Å². The number of rotatable bonds is 4. The monoisotopic (exact) mass is 382 g/mol. The molecule has 1 aromatic carbocycles. The first kappa shape index (κ1) is 18.7. The zero-order valence-electron chi connectivity index (χ0n) is 15.8. The number of carbonyl (C=O) groups is 3. The van der Waals surface area contributed by atoms with E-state index in [1.54, 1.807) is 4.90 Å². The Balaban J connectivity index is 1.48. The molecule has 1 aliphatic heterocycles. The molecule has 1 spiro atoms. The van der Waals surface area contributed by atoms with E-state index in [1.165, 1.54) is 5.57 Å². The average molecular weight is 382 g/mol. The number of carboxylic acid groups (broad SMARTS) is 1. The second-order valence-corrected chi connectivity index (χ2v) is 8.45. The molecule has 4 rings (SSSR count). The van der Waals surface area contributed by atoms with Crippen LogP contribution in [0, 0.1) is 23.2 Å². The van der Waals surface area contributed by atoms with Gasteiger partial charge < -0.3 is 15.7 Å². The van der Waals surface area contributed by atoms with Crippen LogP contribution in [0.2, 0.25) is 0 Å². The van der Waals surface area contributed by atoms with Crippen molar-refractivity contribution in [2.75, 3.05) is 13.1 Å². The Morgan fingerprint density at radius 1 is 1.11 bits per heavy atom. The Morgan fingerprint density at radius 3 is 2.43 bits per heavy atom. The van der Waals surface area contributed by atoms with Gasteiger partial charge in [0, 0.05) is 19.0 Å². The smallest absolute Gasteiger partial charge is 0.307 e. The van der Waals surface area contributed by atoms with Crippen molar-refractivity contribution < 1.29 is 19.5 Å². The third-order valence-corrected chi connectivity index (χ3v) is 6.90. The van der Waals surface area contributed by atoms with Crippen LogP contribution in [0.3, 0.4) is 0 Å².